The fourth-order valence-electron chi connectivity index (χ4n) is 2.03. The van der Waals surface area contributed by atoms with E-state index in [-0.39, 0.29) is 13.0 Å². The summed E-state index contributed by atoms with van der Waals surface area (Å²) < 4.78 is 20.3. The van der Waals surface area contributed by atoms with Crippen molar-refractivity contribution in [2.75, 3.05) is 6.61 Å². The number of azide groups is 1. The predicted molar refractivity (Wildman–Crippen MR) is 70.2 cm³/mol. The summed E-state index contributed by atoms with van der Waals surface area (Å²) in [7, 11) is 0. The summed E-state index contributed by atoms with van der Waals surface area (Å²) in [6, 6.07) is -0.812. The van der Waals surface area contributed by atoms with E-state index in [1.54, 1.807) is 0 Å². The van der Waals surface area contributed by atoms with Crippen LogP contribution >= 0.6 is 0 Å². The highest BCUT2D eigenvalue weighted by molar-refractivity contribution is 5.67. The molecule has 22 heavy (non-hydrogen) atoms. The van der Waals surface area contributed by atoms with Gasteiger partial charge in [-0.15, -0.1) is 0 Å². The van der Waals surface area contributed by atoms with Gasteiger partial charge in [0.1, 0.15) is 18.8 Å². The number of hydrogen-bond acceptors (Lipinski definition) is 8. The van der Waals surface area contributed by atoms with Crippen molar-refractivity contribution in [1.29, 1.82) is 0 Å². The molecule has 4 atom stereocenters. The first kappa shape index (κ1) is 17.7. The minimum Gasteiger partial charge on any atom is -0.463 e. The van der Waals surface area contributed by atoms with E-state index in [0.717, 1.165) is 0 Å². The van der Waals surface area contributed by atoms with Crippen LogP contribution in [0.25, 0.3) is 10.4 Å². The van der Waals surface area contributed by atoms with Crippen LogP contribution in [0.5, 0.6) is 0 Å². The Balaban J connectivity index is 2.94. The maximum atomic E-state index is 11.2. The summed E-state index contributed by atoms with van der Waals surface area (Å²) in [5, 5.41) is 3.54. The minimum atomic E-state index is -0.986. The zero-order valence-electron chi connectivity index (χ0n) is 12.4. The number of carbonyl (C=O) groups excluding carboxylic acids is 3. The maximum absolute atomic E-state index is 11.2. The molecule has 1 rings (SSSR count). The summed E-state index contributed by atoms with van der Waals surface area (Å²) >= 11 is 0. The Morgan fingerprint density at radius 1 is 1.18 bits per heavy atom. The molecule has 0 bridgehead atoms. The van der Waals surface area contributed by atoms with E-state index in [9.17, 15) is 14.4 Å². The van der Waals surface area contributed by atoms with Crippen LogP contribution in [0.2, 0.25) is 0 Å². The number of esters is 3. The predicted octanol–water partition coefficient (Wildman–Crippen LogP) is 0.838. The van der Waals surface area contributed by atoms with Crippen LogP contribution in [0, 0.1) is 0 Å². The zero-order valence-corrected chi connectivity index (χ0v) is 12.4. The van der Waals surface area contributed by atoms with Gasteiger partial charge in [-0.1, -0.05) is 5.11 Å². The van der Waals surface area contributed by atoms with Gasteiger partial charge in [-0.25, -0.2) is 0 Å². The number of hydrogen-bond donors (Lipinski definition) is 0. The summed E-state index contributed by atoms with van der Waals surface area (Å²) in [5.41, 5.74) is 8.63. The van der Waals surface area contributed by atoms with E-state index in [0.29, 0.717) is 0 Å². The van der Waals surface area contributed by atoms with Crippen molar-refractivity contribution in [3.05, 3.63) is 10.4 Å². The summed E-state index contributed by atoms with van der Waals surface area (Å²) in [6.45, 7) is 3.36. The molecule has 0 aliphatic carbocycles. The van der Waals surface area contributed by atoms with E-state index in [1.807, 2.05) is 0 Å². The quantitative estimate of drug-likeness (QED) is 0.241. The Bertz CT molecular complexity index is 489. The van der Waals surface area contributed by atoms with Gasteiger partial charge in [-0.05, 0) is 5.53 Å². The fraction of sp³-hybridized carbons (Fsp3) is 0.750. The van der Waals surface area contributed by atoms with Crippen LogP contribution in [0.3, 0.4) is 0 Å². The maximum Gasteiger partial charge on any atom is 0.304 e. The molecule has 1 aliphatic heterocycles. The normalized spacial score (nSPS) is 27.2. The van der Waals surface area contributed by atoms with Crippen molar-refractivity contribution in [3.8, 4) is 0 Å². The van der Waals surface area contributed by atoms with E-state index < -0.39 is 42.4 Å². The van der Waals surface area contributed by atoms with Crippen molar-refractivity contribution >= 4 is 17.9 Å². The Morgan fingerprint density at radius 2 is 1.82 bits per heavy atom. The fourth-order valence-corrected chi connectivity index (χ4v) is 2.03. The minimum absolute atomic E-state index is 0.0260. The van der Waals surface area contributed by atoms with Gasteiger partial charge in [0.15, 0.2) is 0 Å². The molecule has 0 saturated carbocycles. The largest absolute Gasteiger partial charge is 0.463 e. The standard InChI is InChI=1S/C12H17N3O7/c1-6(16)19-5-10-12(21-8(3)18)9(14-15-13)4-11(22-10)20-7(2)17/h9-12H,4-5H2,1-3H3/t9?,10-,11?,12+/m1/s1. The summed E-state index contributed by atoms with van der Waals surface area (Å²) in [4.78, 5) is 35.9. The van der Waals surface area contributed by atoms with E-state index in [1.165, 1.54) is 20.8 Å². The molecule has 1 saturated heterocycles. The smallest absolute Gasteiger partial charge is 0.304 e. The highest BCUT2D eigenvalue weighted by atomic mass is 16.7. The Kier molecular flexibility index (Phi) is 6.61. The van der Waals surface area contributed by atoms with Gasteiger partial charge in [0, 0.05) is 32.1 Å². The third-order valence-corrected chi connectivity index (χ3v) is 2.76. The molecule has 10 heteroatoms. The molecule has 0 spiro atoms. The molecule has 2 unspecified atom stereocenters. The molecule has 0 radical (unpaired) electrons. The van der Waals surface area contributed by atoms with Gasteiger partial charge >= 0.3 is 17.9 Å². The highest BCUT2D eigenvalue weighted by Crippen LogP contribution is 2.27. The number of ether oxygens (including phenoxy) is 4. The topological polar surface area (TPSA) is 137 Å². The molecule has 1 fully saturated rings. The second kappa shape index (κ2) is 8.20. The third-order valence-electron chi connectivity index (χ3n) is 2.76. The molecular formula is C12H17N3O7. The average Bonchev–Trinajstić information content (AvgIpc) is 2.38. The number of carbonyl (C=O) groups is 3. The molecule has 0 aromatic carbocycles. The van der Waals surface area contributed by atoms with Crippen molar-refractivity contribution in [2.24, 2.45) is 5.11 Å². The molecule has 0 aromatic rings. The first-order valence-corrected chi connectivity index (χ1v) is 6.51. The lowest BCUT2D eigenvalue weighted by molar-refractivity contribution is -0.238. The van der Waals surface area contributed by atoms with Gasteiger partial charge in [0.25, 0.3) is 0 Å². The van der Waals surface area contributed by atoms with Gasteiger partial charge in [-0.2, -0.15) is 0 Å². The van der Waals surface area contributed by atoms with Crippen LogP contribution in [0.4, 0.5) is 0 Å². The molecule has 0 aromatic heterocycles. The molecule has 10 nitrogen and oxygen atoms in total. The third kappa shape index (κ3) is 5.58. The lowest BCUT2D eigenvalue weighted by Crippen LogP contribution is -2.52. The van der Waals surface area contributed by atoms with Crippen LogP contribution in [-0.2, 0) is 33.3 Å². The monoisotopic (exact) mass is 315 g/mol. The van der Waals surface area contributed by atoms with Crippen LogP contribution in [0.15, 0.2) is 5.11 Å². The van der Waals surface area contributed by atoms with Gasteiger partial charge in [-0.3, -0.25) is 14.4 Å². The Labute approximate surface area is 126 Å². The highest BCUT2D eigenvalue weighted by Gasteiger charge is 2.42. The zero-order chi connectivity index (χ0) is 16.7. The van der Waals surface area contributed by atoms with Gasteiger partial charge in [0.05, 0.1) is 6.04 Å². The first-order chi connectivity index (χ1) is 10.3. The summed E-state index contributed by atoms with van der Waals surface area (Å²) in [6.07, 6.45) is -2.82. The van der Waals surface area contributed by atoms with Crippen molar-refractivity contribution < 1.29 is 33.3 Å². The second-order valence-electron chi connectivity index (χ2n) is 4.60. The Hall–Kier alpha value is -2.32. The van der Waals surface area contributed by atoms with Crippen LogP contribution in [-0.4, -0.2) is 49.1 Å². The van der Waals surface area contributed by atoms with E-state index in [4.69, 9.17) is 24.5 Å². The molecule has 0 N–H and O–H groups in total. The molecular weight excluding hydrogens is 298 g/mol. The van der Waals surface area contributed by atoms with Crippen molar-refractivity contribution in [2.45, 2.75) is 51.7 Å². The number of rotatable bonds is 5. The number of nitrogens with zero attached hydrogens (tertiary/aromatic N) is 3. The second-order valence-corrected chi connectivity index (χ2v) is 4.60. The first-order valence-electron chi connectivity index (χ1n) is 6.51. The van der Waals surface area contributed by atoms with Gasteiger partial charge < -0.3 is 18.9 Å². The molecule has 0 amide bonds. The Morgan fingerprint density at radius 3 is 2.32 bits per heavy atom. The van der Waals surface area contributed by atoms with Crippen molar-refractivity contribution in [1.82, 2.24) is 0 Å². The van der Waals surface area contributed by atoms with Crippen LogP contribution in [0.1, 0.15) is 27.2 Å². The van der Waals surface area contributed by atoms with Crippen LogP contribution < -0.4 is 0 Å². The molecule has 1 heterocycles. The van der Waals surface area contributed by atoms with E-state index in [2.05, 4.69) is 10.0 Å². The SMILES string of the molecule is CC(=O)OC[C@H]1OC(OC(C)=O)CC(N=[N+]=[N-])[C@@H]1OC(C)=O. The molecule has 122 valence electrons. The summed E-state index contributed by atoms with van der Waals surface area (Å²) in [5.74, 6) is -1.74. The van der Waals surface area contributed by atoms with Gasteiger partial charge in [0.2, 0.25) is 6.29 Å². The lowest BCUT2D eigenvalue weighted by Gasteiger charge is -2.38. The van der Waals surface area contributed by atoms with E-state index >= 15 is 0 Å². The lowest BCUT2D eigenvalue weighted by atomic mass is 9.99. The average molecular weight is 315 g/mol. The van der Waals surface area contributed by atoms with Crippen molar-refractivity contribution in [3.63, 3.8) is 0 Å². The molecule has 1 aliphatic rings.